The molecular formula is C16H28N2O2S. The van der Waals surface area contributed by atoms with Crippen molar-refractivity contribution >= 4 is 22.4 Å². The number of thiazole rings is 1. The van der Waals surface area contributed by atoms with Gasteiger partial charge in [-0.1, -0.05) is 13.8 Å². The number of carbonyl (C=O) groups excluding carboxylic acids is 1. The standard InChI is InChI=1S/C16H28N2O2S/c1-8-20-14(19)16(5,6)13-10-21-15(17-13)18(7)12(4)9-11(2)3/h10-12H,8-9H2,1-7H3. The van der Waals surface area contributed by atoms with Gasteiger partial charge < -0.3 is 9.64 Å². The summed E-state index contributed by atoms with van der Waals surface area (Å²) in [6.45, 7) is 12.6. The van der Waals surface area contributed by atoms with Gasteiger partial charge in [0.25, 0.3) is 0 Å². The van der Waals surface area contributed by atoms with Crippen LogP contribution in [0.25, 0.3) is 0 Å². The van der Waals surface area contributed by atoms with Crippen molar-refractivity contribution in [1.29, 1.82) is 0 Å². The van der Waals surface area contributed by atoms with E-state index in [1.165, 1.54) is 0 Å². The average Bonchev–Trinajstić information content (AvgIpc) is 2.87. The second-order valence-corrected chi connectivity index (χ2v) is 7.29. The van der Waals surface area contributed by atoms with Gasteiger partial charge in [0, 0.05) is 18.5 Å². The van der Waals surface area contributed by atoms with Crippen LogP contribution in [0, 0.1) is 5.92 Å². The number of aromatic nitrogens is 1. The molecular weight excluding hydrogens is 284 g/mol. The lowest BCUT2D eigenvalue weighted by Gasteiger charge is -2.26. The van der Waals surface area contributed by atoms with Crippen molar-refractivity contribution in [3.63, 3.8) is 0 Å². The zero-order valence-electron chi connectivity index (χ0n) is 14.3. The van der Waals surface area contributed by atoms with Crippen LogP contribution in [0.3, 0.4) is 0 Å². The quantitative estimate of drug-likeness (QED) is 0.717. The molecule has 5 heteroatoms. The highest BCUT2D eigenvalue weighted by atomic mass is 32.1. The van der Waals surface area contributed by atoms with E-state index in [0.29, 0.717) is 18.6 Å². The summed E-state index contributed by atoms with van der Waals surface area (Å²) in [5.74, 6) is 0.428. The van der Waals surface area contributed by atoms with Gasteiger partial charge in [-0.25, -0.2) is 4.98 Å². The van der Waals surface area contributed by atoms with Gasteiger partial charge in [0.15, 0.2) is 5.13 Å². The molecule has 0 saturated heterocycles. The van der Waals surface area contributed by atoms with Gasteiger partial charge in [-0.15, -0.1) is 11.3 Å². The summed E-state index contributed by atoms with van der Waals surface area (Å²) in [5.41, 5.74) is 0.0805. The van der Waals surface area contributed by atoms with E-state index in [0.717, 1.165) is 17.2 Å². The highest BCUT2D eigenvalue weighted by molar-refractivity contribution is 7.13. The van der Waals surface area contributed by atoms with Crippen molar-refractivity contribution in [2.24, 2.45) is 5.92 Å². The predicted octanol–water partition coefficient (Wildman–Crippen LogP) is 3.85. The SMILES string of the molecule is CCOC(=O)C(C)(C)c1csc(N(C)C(C)CC(C)C)n1. The number of anilines is 1. The van der Waals surface area contributed by atoms with Crippen molar-refractivity contribution in [2.75, 3.05) is 18.6 Å². The van der Waals surface area contributed by atoms with E-state index < -0.39 is 5.41 Å². The van der Waals surface area contributed by atoms with Crippen LogP contribution >= 0.6 is 11.3 Å². The van der Waals surface area contributed by atoms with Crippen molar-refractivity contribution in [1.82, 2.24) is 4.98 Å². The van der Waals surface area contributed by atoms with E-state index in [1.807, 2.05) is 26.2 Å². The molecule has 0 N–H and O–H groups in total. The Balaban J connectivity index is 2.87. The van der Waals surface area contributed by atoms with E-state index in [9.17, 15) is 4.79 Å². The topological polar surface area (TPSA) is 42.4 Å². The molecule has 0 spiro atoms. The minimum absolute atomic E-state index is 0.222. The molecule has 1 rings (SSSR count). The van der Waals surface area contributed by atoms with Crippen LogP contribution in [0.1, 0.15) is 53.7 Å². The van der Waals surface area contributed by atoms with Crippen molar-refractivity contribution in [2.45, 2.75) is 59.4 Å². The number of hydrogen-bond donors (Lipinski definition) is 0. The van der Waals surface area contributed by atoms with Crippen molar-refractivity contribution in [3.8, 4) is 0 Å². The first-order valence-electron chi connectivity index (χ1n) is 7.56. The Labute approximate surface area is 132 Å². The molecule has 0 aliphatic heterocycles. The molecule has 1 aromatic heterocycles. The molecule has 1 heterocycles. The van der Waals surface area contributed by atoms with Gasteiger partial charge >= 0.3 is 5.97 Å². The molecule has 1 atom stereocenters. The molecule has 0 bridgehead atoms. The van der Waals surface area contributed by atoms with Gasteiger partial charge in [-0.05, 0) is 40.0 Å². The Morgan fingerprint density at radius 2 is 2.05 bits per heavy atom. The monoisotopic (exact) mass is 312 g/mol. The molecule has 4 nitrogen and oxygen atoms in total. The van der Waals surface area contributed by atoms with E-state index in [2.05, 4.69) is 37.7 Å². The third-order valence-electron chi connectivity index (χ3n) is 3.69. The second-order valence-electron chi connectivity index (χ2n) is 6.45. The van der Waals surface area contributed by atoms with E-state index in [1.54, 1.807) is 11.3 Å². The zero-order valence-corrected chi connectivity index (χ0v) is 15.1. The maximum absolute atomic E-state index is 12.1. The number of esters is 1. The summed E-state index contributed by atoms with van der Waals surface area (Å²) in [5, 5.41) is 2.92. The minimum atomic E-state index is -0.702. The normalized spacial score (nSPS) is 13.3. The van der Waals surface area contributed by atoms with E-state index in [-0.39, 0.29) is 5.97 Å². The molecule has 120 valence electrons. The van der Waals surface area contributed by atoms with Crippen LogP contribution < -0.4 is 4.90 Å². The molecule has 0 aliphatic carbocycles. The first-order valence-corrected chi connectivity index (χ1v) is 8.44. The molecule has 0 aliphatic rings. The number of carbonyl (C=O) groups is 1. The minimum Gasteiger partial charge on any atom is -0.465 e. The summed E-state index contributed by atoms with van der Waals surface area (Å²) in [7, 11) is 2.06. The molecule has 21 heavy (non-hydrogen) atoms. The Hall–Kier alpha value is -1.10. The summed E-state index contributed by atoms with van der Waals surface area (Å²) < 4.78 is 5.14. The number of ether oxygens (including phenoxy) is 1. The lowest BCUT2D eigenvalue weighted by Crippen LogP contribution is -2.32. The lowest BCUT2D eigenvalue weighted by atomic mass is 9.90. The number of rotatable bonds is 7. The average molecular weight is 312 g/mol. The first-order chi connectivity index (χ1) is 9.70. The summed E-state index contributed by atoms with van der Waals surface area (Å²) in [6.07, 6.45) is 1.12. The number of hydrogen-bond acceptors (Lipinski definition) is 5. The summed E-state index contributed by atoms with van der Waals surface area (Å²) >= 11 is 1.58. The van der Waals surface area contributed by atoms with Gasteiger partial charge in [0.1, 0.15) is 5.41 Å². The largest absolute Gasteiger partial charge is 0.465 e. The fraction of sp³-hybridized carbons (Fsp3) is 0.750. The van der Waals surface area contributed by atoms with Crippen LogP contribution in [-0.2, 0) is 14.9 Å². The van der Waals surface area contributed by atoms with Crippen LogP contribution in [0.15, 0.2) is 5.38 Å². The Morgan fingerprint density at radius 3 is 2.57 bits per heavy atom. The van der Waals surface area contributed by atoms with Crippen molar-refractivity contribution < 1.29 is 9.53 Å². The van der Waals surface area contributed by atoms with Crippen LogP contribution in [0.4, 0.5) is 5.13 Å². The molecule has 0 saturated carbocycles. The maximum Gasteiger partial charge on any atom is 0.317 e. The third-order valence-corrected chi connectivity index (χ3v) is 4.62. The molecule has 1 unspecified atom stereocenters. The third kappa shape index (κ3) is 4.43. The van der Waals surface area contributed by atoms with Gasteiger partial charge in [0.2, 0.25) is 0 Å². The zero-order chi connectivity index (χ0) is 16.2. The second kappa shape index (κ2) is 7.25. The molecule has 0 amide bonds. The first kappa shape index (κ1) is 18.0. The Bertz CT molecular complexity index is 469. The highest BCUT2D eigenvalue weighted by Gasteiger charge is 2.34. The fourth-order valence-corrected chi connectivity index (χ4v) is 3.22. The maximum atomic E-state index is 12.1. The van der Waals surface area contributed by atoms with E-state index in [4.69, 9.17) is 4.74 Å². The summed E-state index contributed by atoms with van der Waals surface area (Å²) in [4.78, 5) is 18.9. The van der Waals surface area contributed by atoms with Gasteiger partial charge in [-0.2, -0.15) is 0 Å². The smallest absolute Gasteiger partial charge is 0.317 e. The molecule has 0 radical (unpaired) electrons. The van der Waals surface area contributed by atoms with Crippen molar-refractivity contribution in [3.05, 3.63) is 11.1 Å². The Morgan fingerprint density at radius 1 is 1.43 bits per heavy atom. The molecule has 0 aromatic carbocycles. The Kier molecular flexibility index (Phi) is 6.20. The lowest BCUT2D eigenvalue weighted by molar-refractivity contribution is -0.148. The molecule has 1 aromatic rings. The van der Waals surface area contributed by atoms with Gasteiger partial charge in [0.05, 0.1) is 12.3 Å². The summed E-state index contributed by atoms with van der Waals surface area (Å²) in [6, 6.07) is 0.426. The van der Waals surface area contributed by atoms with Gasteiger partial charge in [-0.3, -0.25) is 4.79 Å². The predicted molar refractivity (Wildman–Crippen MR) is 89.1 cm³/mol. The fourth-order valence-electron chi connectivity index (χ4n) is 2.16. The number of nitrogens with zero attached hydrogens (tertiary/aromatic N) is 2. The van der Waals surface area contributed by atoms with Crippen LogP contribution in [0.2, 0.25) is 0 Å². The van der Waals surface area contributed by atoms with Crippen LogP contribution in [0.5, 0.6) is 0 Å². The highest BCUT2D eigenvalue weighted by Crippen LogP contribution is 2.31. The van der Waals surface area contributed by atoms with E-state index >= 15 is 0 Å². The van der Waals surface area contributed by atoms with Crippen LogP contribution in [-0.4, -0.2) is 30.6 Å². The molecule has 0 fully saturated rings.